The molecular formula is C25H27N5O6S. The molecule has 11 nitrogen and oxygen atoms in total. The predicted octanol–water partition coefficient (Wildman–Crippen LogP) is 2.62. The van der Waals surface area contributed by atoms with E-state index in [1.54, 1.807) is 18.2 Å². The number of ether oxygens (including phenoxy) is 1. The molecule has 37 heavy (non-hydrogen) atoms. The molecule has 0 saturated carbocycles. The van der Waals surface area contributed by atoms with Crippen LogP contribution in [0.4, 0.5) is 11.4 Å². The Morgan fingerprint density at radius 2 is 2.03 bits per heavy atom. The number of hydrogen-bond acceptors (Lipinski definition) is 9. The van der Waals surface area contributed by atoms with Crippen LogP contribution in [0.25, 0.3) is 10.9 Å². The van der Waals surface area contributed by atoms with Gasteiger partial charge in [-0.2, -0.15) is 13.7 Å². The van der Waals surface area contributed by atoms with Crippen LogP contribution in [0.3, 0.4) is 0 Å². The SMILES string of the molecule is CC(C)CCn1c(=O)c(C2=NS(=O)(=O)c3cc(OCC#N)ccc3N2)c(O)c2cc(NCCO)ccc21. The molecule has 0 spiro atoms. The fourth-order valence-electron chi connectivity index (χ4n) is 4.03. The molecule has 2 aromatic carbocycles. The van der Waals surface area contributed by atoms with Crippen molar-refractivity contribution in [3.05, 3.63) is 52.3 Å². The fraction of sp³-hybridized carbons (Fsp3) is 0.320. The number of amidine groups is 1. The average molecular weight is 526 g/mol. The molecular weight excluding hydrogens is 498 g/mol. The summed E-state index contributed by atoms with van der Waals surface area (Å²) in [4.78, 5) is 13.5. The second kappa shape index (κ2) is 10.5. The van der Waals surface area contributed by atoms with E-state index in [9.17, 15) is 18.3 Å². The van der Waals surface area contributed by atoms with E-state index in [-0.39, 0.29) is 47.5 Å². The third-order valence-electron chi connectivity index (χ3n) is 5.84. The minimum atomic E-state index is -4.27. The molecule has 1 aliphatic rings. The number of fused-ring (bicyclic) bond motifs is 2. The summed E-state index contributed by atoms with van der Waals surface area (Å²) in [5.74, 6) is -0.238. The standard InChI is InChI=1S/C25H27N5O6S/c1-15(2)7-10-30-20-6-3-16(27-9-11-31)13-18(20)23(32)22(25(30)33)24-28-19-5-4-17(36-12-8-26)14-21(19)37(34,35)29-24/h3-6,13-15,27,31-32H,7,9-12H2,1-2H3,(H,28,29). The summed E-state index contributed by atoms with van der Waals surface area (Å²) in [7, 11) is -4.27. The molecule has 0 saturated heterocycles. The van der Waals surface area contributed by atoms with Crippen LogP contribution in [0.2, 0.25) is 0 Å². The Labute approximate surface area is 213 Å². The number of nitrogens with zero attached hydrogens (tertiary/aromatic N) is 3. The van der Waals surface area contributed by atoms with Gasteiger partial charge < -0.3 is 30.2 Å². The number of aromatic hydroxyl groups is 1. The minimum Gasteiger partial charge on any atom is -0.506 e. The lowest BCUT2D eigenvalue weighted by Crippen LogP contribution is -2.33. The number of nitrogens with one attached hydrogen (secondary N) is 2. The number of hydrogen-bond donors (Lipinski definition) is 4. The summed E-state index contributed by atoms with van der Waals surface area (Å²) in [6, 6.07) is 11.1. The summed E-state index contributed by atoms with van der Waals surface area (Å²) in [5, 5.41) is 35.3. The highest BCUT2D eigenvalue weighted by Gasteiger charge is 2.30. The van der Waals surface area contributed by atoms with E-state index in [2.05, 4.69) is 15.0 Å². The van der Waals surface area contributed by atoms with Gasteiger partial charge in [0, 0.05) is 30.2 Å². The van der Waals surface area contributed by atoms with Crippen LogP contribution in [0.1, 0.15) is 25.8 Å². The van der Waals surface area contributed by atoms with E-state index in [1.807, 2.05) is 19.9 Å². The summed E-state index contributed by atoms with van der Waals surface area (Å²) in [6.45, 7) is 4.34. The van der Waals surface area contributed by atoms with E-state index in [0.29, 0.717) is 35.5 Å². The van der Waals surface area contributed by atoms with Crippen molar-refractivity contribution in [1.29, 1.82) is 5.26 Å². The third kappa shape index (κ3) is 5.23. The second-order valence-corrected chi connectivity index (χ2v) is 10.5. The van der Waals surface area contributed by atoms with Gasteiger partial charge in [0.25, 0.3) is 15.6 Å². The molecule has 3 aromatic rings. The summed E-state index contributed by atoms with van der Waals surface area (Å²) in [6.07, 6.45) is 0.677. The van der Waals surface area contributed by atoms with Crippen LogP contribution < -0.4 is 20.9 Å². The highest BCUT2D eigenvalue weighted by molar-refractivity contribution is 7.90. The first-order valence-electron chi connectivity index (χ1n) is 11.7. The molecule has 12 heteroatoms. The van der Waals surface area contributed by atoms with Gasteiger partial charge in [-0.1, -0.05) is 13.8 Å². The highest BCUT2D eigenvalue weighted by atomic mass is 32.2. The van der Waals surface area contributed by atoms with Crippen LogP contribution in [-0.2, 0) is 16.6 Å². The van der Waals surface area contributed by atoms with Crippen LogP contribution in [-0.4, -0.2) is 48.8 Å². The maximum atomic E-state index is 13.7. The molecule has 0 fully saturated rings. The van der Waals surface area contributed by atoms with Crippen molar-refractivity contribution in [2.24, 2.45) is 10.3 Å². The number of rotatable bonds is 9. The van der Waals surface area contributed by atoms with Gasteiger partial charge in [-0.3, -0.25) is 4.79 Å². The van der Waals surface area contributed by atoms with Crippen molar-refractivity contribution in [2.45, 2.75) is 31.7 Å². The average Bonchev–Trinajstić information content (AvgIpc) is 2.86. The molecule has 2 heterocycles. The first-order chi connectivity index (χ1) is 17.7. The van der Waals surface area contributed by atoms with Crippen molar-refractivity contribution < 1.29 is 23.4 Å². The smallest absolute Gasteiger partial charge is 0.286 e. The lowest BCUT2D eigenvalue weighted by molar-refractivity contribution is 0.311. The molecule has 4 rings (SSSR count). The fourth-order valence-corrected chi connectivity index (χ4v) is 5.16. The molecule has 0 unspecified atom stereocenters. The molecule has 4 N–H and O–H groups in total. The number of anilines is 2. The summed E-state index contributed by atoms with van der Waals surface area (Å²) in [5.41, 5.74) is 0.397. The highest BCUT2D eigenvalue weighted by Crippen LogP contribution is 2.35. The molecule has 1 aromatic heterocycles. The van der Waals surface area contributed by atoms with Crippen molar-refractivity contribution in [1.82, 2.24) is 4.57 Å². The van der Waals surface area contributed by atoms with Crippen molar-refractivity contribution in [3.63, 3.8) is 0 Å². The van der Waals surface area contributed by atoms with Crippen molar-refractivity contribution >= 4 is 38.1 Å². The van der Waals surface area contributed by atoms with Crippen LogP contribution >= 0.6 is 0 Å². The van der Waals surface area contributed by atoms with Gasteiger partial charge in [-0.25, -0.2) is 0 Å². The molecule has 0 bridgehead atoms. The van der Waals surface area contributed by atoms with Gasteiger partial charge in [0.2, 0.25) is 0 Å². The van der Waals surface area contributed by atoms with Crippen molar-refractivity contribution in [2.75, 3.05) is 30.4 Å². The van der Waals surface area contributed by atoms with Crippen molar-refractivity contribution in [3.8, 4) is 17.6 Å². The number of pyridine rings is 1. The molecule has 194 valence electrons. The lowest BCUT2D eigenvalue weighted by atomic mass is 10.1. The van der Waals surface area contributed by atoms with Gasteiger partial charge in [-0.05, 0) is 42.7 Å². The van der Waals surface area contributed by atoms with Crippen LogP contribution in [0, 0.1) is 17.2 Å². The van der Waals surface area contributed by atoms with E-state index >= 15 is 0 Å². The van der Waals surface area contributed by atoms with E-state index < -0.39 is 21.3 Å². The maximum absolute atomic E-state index is 13.7. The largest absolute Gasteiger partial charge is 0.506 e. The number of aliphatic hydroxyl groups excluding tert-OH is 1. The molecule has 0 atom stereocenters. The van der Waals surface area contributed by atoms with Gasteiger partial charge in [0.15, 0.2) is 12.4 Å². The van der Waals surface area contributed by atoms with Gasteiger partial charge in [0.05, 0.1) is 17.8 Å². The van der Waals surface area contributed by atoms with E-state index in [1.165, 1.54) is 22.8 Å². The number of aliphatic hydroxyl groups is 1. The summed E-state index contributed by atoms with van der Waals surface area (Å²) < 4.78 is 36.7. The van der Waals surface area contributed by atoms with E-state index in [4.69, 9.17) is 15.1 Å². The topological polar surface area (TPSA) is 166 Å². The molecule has 0 radical (unpaired) electrons. The van der Waals surface area contributed by atoms with Crippen LogP contribution in [0.15, 0.2) is 50.5 Å². The zero-order valence-electron chi connectivity index (χ0n) is 20.4. The summed E-state index contributed by atoms with van der Waals surface area (Å²) >= 11 is 0. The number of aryl methyl sites for hydroxylation is 1. The molecule has 0 aliphatic carbocycles. The number of aromatic nitrogens is 1. The Morgan fingerprint density at radius 3 is 2.73 bits per heavy atom. The van der Waals surface area contributed by atoms with Crippen LogP contribution in [0.5, 0.6) is 11.5 Å². The second-order valence-electron chi connectivity index (χ2n) is 8.89. The lowest BCUT2D eigenvalue weighted by Gasteiger charge is -2.21. The Balaban J connectivity index is 1.89. The van der Waals surface area contributed by atoms with Gasteiger partial charge in [-0.15, -0.1) is 4.40 Å². The minimum absolute atomic E-state index is 0.0928. The Kier molecular flexibility index (Phi) is 7.37. The maximum Gasteiger partial charge on any atom is 0.286 e. The first-order valence-corrected chi connectivity index (χ1v) is 13.1. The quantitative estimate of drug-likeness (QED) is 0.328. The normalized spacial score (nSPS) is 14.0. The number of nitriles is 1. The Bertz CT molecular complexity index is 1590. The Hall–Kier alpha value is -4.08. The number of benzene rings is 2. The first kappa shape index (κ1) is 26.0. The number of sulfonamides is 1. The zero-order chi connectivity index (χ0) is 26.7. The van der Waals surface area contributed by atoms with Gasteiger partial charge in [0.1, 0.15) is 28.0 Å². The molecule has 1 aliphatic heterocycles. The van der Waals surface area contributed by atoms with E-state index in [0.717, 1.165) is 0 Å². The third-order valence-corrected chi connectivity index (χ3v) is 7.16. The Morgan fingerprint density at radius 1 is 1.24 bits per heavy atom. The van der Waals surface area contributed by atoms with Gasteiger partial charge >= 0.3 is 0 Å². The monoisotopic (exact) mass is 525 g/mol. The molecule has 0 amide bonds. The zero-order valence-corrected chi connectivity index (χ0v) is 21.2. The predicted molar refractivity (Wildman–Crippen MR) is 140 cm³/mol.